The summed E-state index contributed by atoms with van der Waals surface area (Å²) in [5, 5.41) is 0. The molecule has 3 nitrogen and oxygen atoms in total. The number of methoxy groups -OCH3 is 2. The molecule has 0 amide bonds. The topological polar surface area (TPSA) is 35.5 Å². The maximum absolute atomic E-state index is 12.4. The molecule has 1 unspecified atom stereocenters. The normalized spacial score (nSPS) is 19.1. The lowest BCUT2D eigenvalue weighted by Crippen LogP contribution is -2.07. The van der Waals surface area contributed by atoms with Gasteiger partial charge in [-0.2, -0.15) is 0 Å². The molecule has 1 aromatic rings. The van der Waals surface area contributed by atoms with Crippen molar-refractivity contribution in [2.24, 2.45) is 5.92 Å². The number of carbonyl (C=O) groups is 1. The molecule has 0 saturated carbocycles. The van der Waals surface area contributed by atoms with Gasteiger partial charge in [0.2, 0.25) is 0 Å². The molecule has 18 heavy (non-hydrogen) atoms. The Bertz CT molecular complexity index is 482. The van der Waals surface area contributed by atoms with Crippen LogP contribution in [-0.4, -0.2) is 20.0 Å². The Morgan fingerprint density at radius 1 is 1.33 bits per heavy atom. The second-order valence-corrected chi connectivity index (χ2v) is 5.57. The lowest BCUT2D eigenvalue weighted by molar-refractivity contribution is 0.0963. The molecule has 2 rings (SSSR count). The Labute approximate surface area is 116 Å². The van der Waals surface area contributed by atoms with E-state index in [0.29, 0.717) is 29.4 Å². The second kappa shape index (κ2) is 5.31. The summed E-state index contributed by atoms with van der Waals surface area (Å²) >= 11 is 3.53. The third-order valence-corrected chi connectivity index (χ3v) is 4.13. The van der Waals surface area contributed by atoms with Gasteiger partial charge in [-0.3, -0.25) is 4.79 Å². The Balaban J connectivity index is 2.66. The third kappa shape index (κ3) is 2.26. The maximum atomic E-state index is 12.4. The van der Waals surface area contributed by atoms with Gasteiger partial charge in [-0.15, -0.1) is 0 Å². The Hall–Kier alpha value is -1.03. The fraction of sp³-hybridized carbons (Fsp3) is 0.500. The molecular formula is C14H17BrO3. The van der Waals surface area contributed by atoms with Crippen molar-refractivity contribution in [1.82, 2.24) is 0 Å². The fourth-order valence-electron chi connectivity index (χ4n) is 2.45. The molecule has 1 atom stereocenters. The quantitative estimate of drug-likeness (QED) is 0.782. The van der Waals surface area contributed by atoms with E-state index in [1.807, 2.05) is 6.07 Å². The number of rotatable bonds is 2. The molecule has 1 aliphatic rings. The van der Waals surface area contributed by atoms with E-state index in [1.54, 1.807) is 14.2 Å². The van der Waals surface area contributed by atoms with Crippen molar-refractivity contribution in [3.8, 4) is 11.5 Å². The van der Waals surface area contributed by atoms with Crippen LogP contribution in [0, 0.1) is 5.92 Å². The Kier molecular flexibility index (Phi) is 3.95. The summed E-state index contributed by atoms with van der Waals surface area (Å²) in [5.74, 6) is 1.72. The predicted octanol–water partition coefficient (Wildman–Crippen LogP) is 3.62. The largest absolute Gasteiger partial charge is 0.493 e. The van der Waals surface area contributed by atoms with Crippen LogP contribution in [0.25, 0.3) is 0 Å². The smallest absolute Gasteiger partial charge is 0.171 e. The minimum Gasteiger partial charge on any atom is -0.493 e. The summed E-state index contributed by atoms with van der Waals surface area (Å²) in [5.41, 5.74) is 1.73. The van der Waals surface area contributed by atoms with E-state index < -0.39 is 0 Å². The molecule has 1 aromatic carbocycles. The number of fused-ring (bicyclic) bond motifs is 1. The number of ketones is 1. The summed E-state index contributed by atoms with van der Waals surface area (Å²) in [7, 11) is 3.16. The summed E-state index contributed by atoms with van der Waals surface area (Å²) in [6.45, 7) is 2.11. The summed E-state index contributed by atoms with van der Waals surface area (Å²) in [6.07, 6.45) is 2.49. The molecule has 1 aliphatic carbocycles. The average Bonchev–Trinajstić information content (AvgIpc) is 2.49. The number of Topliss-reactive ketones (excluding diaryl/α,β-unsaturated/α-hetero) is 1. The van der Waals surface area contributed by atoms with Gasteiger partial charge in [0.05, 0.1) is 19.8 Å². The van der Waals surface area contributed by atoms with Gasteiger partial charge in [-0.1, -0.05) is 22.9 Å². The SMILES string of the molecule is COc1cc(Br)c2c(c1OC)C(=O)CC(C)CC2. The van der Waals surface area contributed by atoms with Crippen LogP contribution in [0.15, 0.2) is 10.5 Å². The molecule has 98 valence electrons. The number of halogens is 1. The van der Waals surface area contributed by atoms with Gasteiger partial charge in [0.25, 0.3) is 0 Å². The van der Waals surface area contributed by atoms with Crippen LogP contribution in [-0.2, 0) is 6.42 Å². The zero-order chi connectivity index (χ0) is 13.3. The van der Waals surface area contributed by atoms with Crippen molar-refractivity contribution < 1.29 is 14.3 Å². The van der Waals surface area contributed by atoms with Crippen LogP contribution in [0.1, 0.15) is 35.7 Å². The lowest BCUT2D eigenvalue weighted by atomic mass is 10.00. The van der Waals surface area contributed by atoms with Crippen molar-refractivity contribution in [2.75, 3.05) is 14.2 Å². The molecule has 0 N–H and O–H groups in total. The Morgan fingerprint density at radius 3 is 2.67 bits per heavy atom. The number of benzene rings is 1. The van der Waals surface area contributed by atoms with E-state index in [4.69, 9.17) is 9.47 Å². The van der Waals surface area contributed by atoms with E-state index >= 15 is 0 Å². The molecule has 0 aliphatic heterocycles. The fourth-order valence-corrected chi connectivity index (χ4v) is 3.06. The molecule has 0 radical (unpaired) electrons. The van der Waals surface area contributed by atoms with Crippen LogP contribution in [0.3, 0.4) is 0 Å². The van der Waals surface area contributed by atoms with E-state index in [-0.39, 0.29) is 5.78 Å². The number of ether oxygens (including phenoxy) is 2. The van der Waals surface area contributed by atoms with E-state index in [1.165, 1.54) is 0 Å². The van der Waals surface area contributed by atoms with Crippen molar-refractivity contribution in [1.29, 1.82) is 0 Å². The first kappa shape index (κ1) is 13.4. The van der Waals surface area contributed by atoms with Crippen LogP contribution in [0.4, 0.5) is 0 Å². The predicted molar refractivity (Wildman–Crippen MR) is 73.7 cm³/mol. The average molecular weight is 313 g/mol. The monoisotopic (exact) mass is 312 g/mol. The van der Waals surface area contributed by atoms with Crippen molar-refractivity contribution in [2.45, 2.75) is 26.2 Å². The van der Waals surface area contributed by atoms with Crippen molar-refractivity contribution >= 4 is 21.7 Å². The lowest BCUT2D eigenvalue weighted by Gasteiger charge is -2.16. The zero-order valence-corrected chi connectivity index (χ0v) is 12.5. The minimum atomic E-state index is 0.145. The van der Waals surface area contributed by atoms with E-state index in [9.17, 15) is 4.79 Å². The molecule has 0 bridgehead atoms. The van der Waals surface area contributed by atoms with Crippen LogP contribution < -0.4 is 9.47 Å². The minimum absolute atomic E-state index is 0.145. The molecule has 0 aromatic heterocycles. The standard InChI is InChI=1S/C14H17BrO3/c1-8-4-5-9-10(15)7-12(17-2)14(18-3)13(9)11(16)6-8/h7-8H,4-6H2,1-3H3. The maximum Gasteiger partial charge on any atom is 0.171 e. The highest BCUT2D eigenvalue weighted by Crippen LogP contribution is 2.41. The van der Waals surface area contributed by atoms with E-state index in [0.717, 1.165) is 22.9 Å². The first-order valence-electron chi connectivity index (χ1n) is 6.05. The van der Waals surface area contributed by atoms with Gasteiger partial charge in [-0.25, -0.2) is 0 Å². The van der Waals surface area contributed by atoms with Gasteiger partial charge in [0.15, 0.2) is 17.3 Å². The molecule has 0 saturated heterocycles. The molecule has 0 heterocycles. The van der Waals surface area contributed by atoms with Gasteiger partial charge >= 0.3 is 0 Å². The Morgan fingerprint density at radius 2 is 2.06 bits per heavy atom. The third-order valence-electron chi connectivity index (χ3n) is 3.42. The molecule has 0 fully saturated rings. The van der Waals surface area contributed by atoms with Crippen LogP contribution >= 0.6 is 15.9 Å². The van der Waals surface area contributed by atoms with Crippen molar-refractivity contribution in [3.05, 3.63) is 21.7 Å². The molecule has 4 heteroatoms. The first-order valence-corrected chi connectivity index (χ1v) is 6.84. The zero-order valence-electron chi connectivity index (χ0n) is 10.9. The van der Waals surface area contributed by atoms with Crippen molar-refractivity contribution in [3.63, 3.8) is 0 Å². The molecular weight excluding hydrogens is 296 g/mol. The number of carbonyl (C=O) groups excluding carboxylic acids is 1. The highest BCUT2D eigenvalue weighted by atomic mass is 79.9. The number of hydrogen-bond acceptors (Lipinski definition) is 3. The van der Waals surface area contributed by atoms with E-state index in [2.05, 4.69) is 22.9 Å². The van der Waals surface area contributed by atoms with Gasteiger partial charge in [0.1, 0.15) is 0 Å². The summed E-state index contributed by atoms with van der Waals surface area (Å²) < 4.78 is 11.6. The highest BCUT2D eigenvalue weighted by molar-refractivity contribution is 9.10. The van der Waals surface area contributed by atoms with Gasteiger partial charge < -0.3 is 9.47 Å². The first-order chi connectivity index (χ1) is 8.58. The van der Waals surface area contributed by atoms with Crippen LogP contribution in [0.2, 0.25) is 0 Å². The second-order valence-electron chi connectivity index (χ2n) is 4.72. The highest BCUT2D eigenvalue weighted by Gasteiger charge is 2.27. The number of hydrogen-bond donors (Lipinski definition) is 0. The summed E-state index contributed by atoms with van der Waals surface area (Å²) in [6, 6.07) is 1.88. The van der Waals surface area contributed by atoms with Gasteiger partial charge in [-0.05, 0) is 30.4 Å². The molecule has 0 spiro atoms. The summed E-state index contributed by atoms with van der Waals surface area (Å²) in [4.78, 5) is 12.4. The van der Waals surface area contributed by atoms with Gasteiger partial charge in [0, 0.05) is 10.9 Å². The van der Waals surface area contributed by atoms with Crippen LogP contribution in [0.5, 0.6) is 11.5 Å².